The van der Waals surface area contributed by atoms with E-state index in [2.05, 4.69) is 39.4 Å². The highest BCUT2D eigenvalue weighted by Crippen LogP contribution is 2.25. The second kappa shape index (κ2) is 7.49. The molecule has 122 valence electrons. The number of benzene rings is 3. The molecular weight excluding hydrogens is 366 g/mol. The molecule has 0 radical (unpaired) electrons. The Balaban J connectivity index is 1.67. The van der Waals surface area contributed by atoms with Gasteiger partial charge in [-0.3, -0.25) is 4.79 Å². The number of fused-ring (bicyclic) bond motifs is 1. The number of carbonyl (C=O) groups is 1. The smallest absolute Gasteiger partial charge is 0.258 e. The summed E-state index contributed by atoms with van der Waals surface area (Å²) in [4.78, 5) is 12.2. The number of halogens is 1. The van der Waals surface area contributed by atoms with Crippen LogP contribution in [0.15, 0.2) is 71.2 Å². The number of para-hydroxylation sites is 1. The minimum Gasteiger partial charge on any atom is -0.483 e. The first-order valence-corrected chi connectivity index (χ1v) is 8.59. The Morgan fingerprint density at radius 2 is 1.75 bits per heavy atom. The molecule has 1 atom stereocenters. The van der Waals surface area contributed by atoms with Crippen LogP contribution in [0.4, 0.5) is 0 Å². The lowest BCUT2D eigenvalue weighted by Crippen LogP contribution is -2.31. The molecule has 0 aliphatic rings. The Morgan fingerprint density at radius 1 is 1.04 bits per heavy atom. The van der Waals surface area contributed by atoms with Gasteiger partial charge in [0.05, 0.1) is 10.5 Å². The number of ether oxygens (including phenoxy) is 1. The van der Waals surface area contributed by atoms with Crippen LogP contribution in [0.1, 0.15) is 18.5 Å². The van der Waals surface area contributed by atoms with Crippen molar-refractivity contribution in [3.63, 3.8) is 0 Å². The molecule has 3 rings (SSSR count). The van der Waals surface area contributed by atoms with E-state index >= 15 is 0 Å². The minimum absolute atomic E-state index is 0.0162. The van der Waals surface area contributed by atoms with Crippen LogP contribution in [-0.4, -0.2) is 12.5 Å². The first kappa shape index (κ1) is 16.5. The first-order chi connectivity index (χ1) is 11.6. The summed E-state index contributed by atoms with van der Waals surface area (Å²) in [6, 6.07) is 21.7. The molecule has 0 fully saturated rings. The minimum atomic E-state index is -0.147. The van der Waals surface area contributed by atoms with Crippen molar-refractivity contribution in [2.24, 2.45) is 0 Å². The standard InChI is InChI=1S/C20H18BrNO2/c1-14(16-10-6-8-15-7-2-3-9-17(15)16)22-20(23)13-24-19-12-5-4-11-18(19)21/h2-12,14H,13H2,1H3,(H,22,23)/t14-/m1/s1. The third-order valence-electron chi connectivity index (χ3n) is 3.86. The van der Waals surface area contributed by atoms with Gasteiger partial charge in [-0.25, -0.2) is 0 Å². The lowest BCUT2D eigenvalue weighted by atomic mass is 10.00. The molecule has 0 unspecified atom stereocenters. The van der Waals surface area contributed by atoms with Crippen LogP contribution in [0.5, 0.6) is 5.75 Å². The highest BCUT2D eigenvalue weighted by atomic mass is 79.9. The molecular formula is C20H18BrNO2. The summed E-state index contributed by atoms with van der Waals surface area (Å²) in [6.45, 7) is 1.97. The third-order valence-corrected chi connectivity index (χ3v) is 4.52. The molecule has 3 aromatic rings. The van der Waals surface area contributed by atoms with Crippen LogP contribution in [0, 0.1) is 0 Å². The van der Waals surface area contributed by atoms with E-state index in [0.717, 1.165) is 15.4 Å². The predicted molar refractivity (Wildman–Crippen MR) is 100 cm³/mol. The van der Waals surface area contributed by atoms with Gasteiger partial charge in [-0.2, -0.15) is 0 Å². The van der Waals surface area contributed by atoms with Gasteiger partial charge < -0.3 is 10.1 Å². The lowest BCUT2D eigenvalue weighted by molar-refractivity contribution is -0.123. The number of hydrogen-bond acceptors (Lipinski definition) is 2. The molecule has 3 aromatic carbocycles. The summed E-state index contributed by atoms with van der Waals surface area (Å²) in [7, 11) is 0. The lowest BCUT2D eigenvalue weighted by Gasteiger charge is -2.17. The van der Waals surface area contributed by atoms with E-state index in [1.807, 2.05) is 55.5 Å². The second-order valence-corrected chi connectivity index (χ2v) is 6.43. The van der Waals surface area contributed by atoms with Gasteiger partial charge in [-0.05, 0) is 51.3 Å². The Kier molecular flexibility index (Phi) is 5.16. The van der Waals surface area contributed by atoms with Gasteiger partial charge in [-0.15, -0.1) is 0 Å². The maximum absolute atomic E-state index is 12.2. The molecule has 4 heteroatoms. The topological polar surface area (TPSA) is 38.3 Å². The summed E-state index contributed by atoms with van der Waals surface area (Å²) in [5.41, 5.74) is 1.10. The zero-order chi connectivity index (χ0) is 16.9. The van der Waals surface area contributed by atoms with Gasteiger partial charge in [0, 0.05) is 0 Å². The highest BCUT2D eigenvalue weighted by Gasteiger charge is 2.13. The Bertz CT molecular complexity index is 858. The maximum Gasteiger partial charge on any atom is 0.258 e. The molecule has 3 nitrogen and oxygen atoms in total. The molecule has 0 saturated carbocycles. The summed E-state index contributed by atoms with van der Waals surface area (Å²) in [5.74, 6) is 0.511. The molecule has 0 heterocycles. The maximum atomic E-state index is 12.2. The molecule has 0 aliphatic carbocycles. The van der Waals surface area contributed by atoms with Gasteiger partial charge in [-0.1, -0.05) is 54.6 Å². The molecule has 1 amide bonds. The zero-order valence-electron chi connectivity index (χ0n) is 13.3. The van der Waals surface area contributed by atoms with Crippen molar-refractivity contribution < 1.29 is 9.53 Å². The van der Waals surface area contributed by atoms with Crippen molar-refractivity contribution >= 4 is 32.6 Å². The van der Waals surface area contributed by atoms with Gasteiger partial charge in [0.15, 0.2) is 6.61 Å². The first-order valence-electron chi connectivity index (χ1n) is 7.79. The quantitative estimate of drug-likeness (QED) is 0.683. The van der Waals surface area contributed by atoms with E-state index in [4.69, 9.17) is 4.74 Å². The van der Waals surface area contributed by atoms with Crippen molar-refractivity contribution in [2.45, 2.75) is 13.0 Å². The third kappa shape index (κ3) is 3.77. The largest absolute Gasteiger partial charge is 0.483 e. The number of nitrogens with one attached hydrogen (secondary N) is 1. The fourth-order valence-electron chi connectivity index (χ4n) is 2.69. The fraction of sp³-hybridized carbons (Fsp3) is 0.150. The average molecular weight is 384 g/mol. The second-order valence-electron chi connectivity index (χ2n) is 5.58. The molecule has 0 bridgehead atoms. The Hall–Kier alpha value is -2.33. The van der Waals surface area contributed by atoms with Crippen molar-refractivity contribution in [3.8, 4) is 5.75 Å². The summed E-state index contributed by atoms with van der Waals surface area (Å²) in [6.07, 6.45) is 0. The molecule has 1 N–H and O–H groups in total. The van der Waals surface area contributed by atoms with Crippen LogP contribution >= 0.6 is 15.9 Å². The normalized spacial score (nSPS) is 11.9. The van der Waals surface area contributed by atoms with Crippen LogP contribution < -0.4 is 10.1 Å². The van der Waals surface area contributed by atoms with Gasteiger partial charge in [0.2, 0.25) is 0 Å². The monoisotopic (exact) mass is 383 g/mol. The van der Waals surface area contributed by atoms with Crippen LogP contribution in [0.3, 0.4) is 0 Å². The highest BCUT2D eigenvalue weighted by molar-refractivity contribution is 9.10. The van der Waals surface area contributed by atoms with E-state index in [1.54, 1.807) is 0 Å². The number of hydrogen-bond donors (Lipinski definition) is 1. The molecule has 0 aliphatic heterocycles. The van der Waals surface area contributed by atoms with Crippen molar-refractivity contribution in [3.05, 3.63) is 76.8 Å². The van der Waals surface area contributed by atoms with Gasteiger partial charge in [0.25, 0.3) is 5.91 Å². The number of rotatable bonds is 5. The van der Waals surface area contributed by atoms with Crippen molar-refractivity contribution in [1.29, 1.82) is 0 Å². The summed E-state index contributed by atoms with van der Waals surface area (Å²) < 4.78 is 6.40. The molecule has 24 heavy (non-hydrogen) atoms. The van der Waals surface area contributed by atoms with Crippen LogP contribution in [0.25, 0.3) is 10.8 Å². The number of carbonyl (C=O) groups excluding carboxylic acids is 1. The fourth-order valence-corrected chi connectivity index (χ4v) is 3.09. The van der Waals surface area contributed by atoms with Crippen LogP contribution in [0.2, 0.25) is 0 Å². The van der Waals surface area contributed by atoms with Crippen molar-refractivity contribution in [1.82, 2.24) is 5.32 Å². The van der Waals surface area contributed by atoms with E-state index in [1.165, 1.54) is 5.39 Å². The molecule has 0 spiro atoms. The summed E-state index contributed by atoms with van der Waals surface area (Å²) >= 11 is 3.40. The van der Waals surface area contributed by atoms with Gasteiger partial charge in [0.1, 0.15) is 5.75 Å². The van der Waals surface area contributed by atoms with Crippen molar-refractivity contribution in [2.75, 3.05) is 6.61 Å². The SMILES string of the molecule is C[C@@H](NC(=O)COc1ccccc1Br)c1cccc2ccccc12. The summed E-state index contributed by atoms with van der Waals surface area (Å²) in [5, 5.41) is 5.32. The van der Waals surface area contributed by atoms with E-state index < -0.39 is 0 Å². The zero-order valence-corrected chi connectivity index (χ0v) is 14.9. The molecule has 0 saturated heterocycles. The Morgan fingerprint density at radius 3 is 2.58 bits per heavy atom. The number of amides is 1. The van der Waals surface area contributed by atoms with E-state index in [0.29, 0.717) is 5.75 Å². The Labute approximate surface area is 149 Å². The van der Waals surface area contributed by atoms with Crippen LogP contribution in [-0.2, 0) is 4.79 Å². The van der Waals surface area contributed by atoms with E-state index in [9.17, 15) is 4.79 Å². The van der Waals surface area contributed by atoms with E-state index in [-0.39, 0.29) is 18.6 Å². The predicted octanol–water partition coefficient (Wildman–Crippen LogP) is 4.86. The average Bonchev–Trinajstić information content (AvgIpc) is 2.60. The molecule has 0 aromatic heterocycles. The van der Waals surface area contributed by atoms with Gasteiger partial charge >= 0.3 is 0 Å².